The van der Waals surface area contributed by atoms with Crippen LogP contribution in [0.2, 0.25) is 0 Å². The van der Waals surface area contributed by atoms with E-state index in [1.807, 2.05) is 12.1 Å². The summed E-state index contributed by atoms with van der Waals surface area (Å²) in [5.74, 6) is -1.22. The molecule has 0 spiro atoms. The highest BCUT2D eigenvalue weighted by molar-refractivity contribution is 6.25. The first-order chi connectivity index (χ1) is 8.75. The molecule has 0 unspecified atom stereocenters. The predicted molar refractivity (Wildman–Crippen MR) is 63.5 cm³/mol. The zero-order valence-corrected chi connectivity index (χ0v) is 9.10. The number of esters is 2. The predicted octanol–water partition coefficient (Wildman–Crippen LogP) is 2.90. The van der Waals surface area contributed by atoms with Gasteiger partial charge in [-0.05, 0) is 23.6 Å². The summed E-state index contributed by atoms with van der Waals surface area (Å²) in [6, 6.07) is 8.74. The molecule has 0 saturated carbocycles. The van der Waals surface area contributed by atoms with Crippen LogP contribution in [0.1, 0.15) is 20.7 Å². The van der Waals surface area contributed by atoms with E-state index in [2.05, 4.69) is 0 Å². The summed E-state index contributed by atoms with van der Waals surface area (Å²) in [4.78, 5) is 23.5. The molecule has 1 aromatic heterocycles. The average Bonchev–Trinajstić information content (AvgIpc) is 2.83. The molecule has 1 aliphatic heterocycles. The lowest BCUT2D eigenvalue weighted by Crippen LogP contribution is -2.19. The molecule has 3 aromatic rings. The van der Waals surface area contributed by atoms with Crippen molar-refractivity contribution in [3.8, 4) is 0 Å². The van der Waals surface area contributed by atoms with Crippen molar-refractivity contribution >= 4 is 33.7 Å². The van der Waals surface area contributed by atoms with E-state index in [0.29, 0.717) is 22.1 Å². The van der Waals surface area contributed by atoms with Crippen molar-refractivity contribution in [3.05, 3.63) is 47.7 Å². The van der Waals surface area contributed by atoms with Gasteiger partial charge in [-0.25, -0.2) is 9.59 Å². The summed E-state index contributed by atoms with van der Waals surface area (Å²) >= 11 is 0. The van der Waals surface area contributed by atoms with Crippen LogP contribution in [0.5, 0.6) is 0 Å². The van der Waals surface area contributed by atoms with Crippen molar-refractivity contribution in [1.29, 1.82) is 0 Å². The second-order valence-electron chi connectivity index (χ2n) is 4.16. The first-order valence-electron chi connectivity index (χ1n) is 5.45. The molecule has 0 N–H and O–H groups in total. The van der Waals surface area contributed by atoms with E-state index >= 15 is 0 Å². The molecule has 2 heterocycles. The highest BCUT2D eigenvalue weighted by Gasteiger charge is 2.28. The molecular formula is C14H6O4. The molecule has 0 radical (unpaired) electrons. The molecule has 0 bridgehead atoms. The molecule has 18 heavy (non-hydrogen) atoms. The number of rotatable bonds is 0. The van der Waals surface area contributed by atoms with Gasteiger partial charge in [-0.2, -0.15) is 0 Å². The fourth-order valence-corrected chi connectivity index (χ4v) is 2.45. The zero-order valence-electron chi connectivity index (χ0n) is 9.10. The van der Waals surface area contributed by atoms with Crippen molar-refractivity contribution < 1.29 is 18.7 Å². The number of fused-ring (bicyclic) bond motifs is 2. The Kier molecular flexibility index (Phi) is 1.56. The van der Waals surface area contributed by atoms with Gasteiger partial charge in [0.2, 0.25) is 0 Å². The minimum atomic E-state index is -0.623. The second kappa shape index (κ2) is 2.98. The van der Waals surface area contributed by atoms with Crippen LogP contribution < -0.4 is 0 Å². The van der Waals surface area contributed by atoms with Crippen LogP contribution in [0.4, 0.5) is 0 Å². The second-order valence-corrected chi connectivity index (χ2v) is 4.16. The van der Waals surface area contributed by atoms with Crippen molar-refractivity contribution in [2.24, 2.45) is 0 Å². The van der Waals surface area contributed by atoms with Crippen LogP contribution in [-0.4, -0.2) is 11.9 Å². The number of carbonyl (C=O) groups excluding carboxylic acids is 2. The van der Waals surface area contributed by atoms with E-state index in [-0.39, 0.29) is 0 Å². The molecule has 0 amide bonds. The highest BCUT2D eigenvalue weighted by atomic mass is 16.6. The molecule has 0 saturated heterocycles. The highest BCUT2D eigenvalue weighted by Crippen LogP contribution is 2.34. The van der Waals surface area contributed by atoms with E-state index < -0.39 is 11.9 Å². The molecule has 4 heteroatoms. The SMILES string of the molecule is O=C1OC(=O)c2cc3occc3c3cccc1c23. The topological polar surface area (TPSA) is 56.5 Å². The van der Waals surface area contributed by atoms with Gasteiger partial charge in [0, 0.05) is 10.8 Å². The van der Waals surface area contributed by atoms with Crippen molar-refractivity contribution in [3.63, 3.8) is 0 Å². The van der Waals surface area contributed by atoms with Crippen LogP contribution in [0.25, 0.3) is 21.7 Å². The van der Waals surface area contributed by atoms with Gasteiger partial charge in [-0.15, -0.1) is 0 Å². The summed E-state index contributed by atoms with van der Waals surface area (Å²) in [7, 11) is 0. The Morgan fingerprint density at radius 2 is 1.72 bits per heavy atom. The van der Waals surface area contributed by atoms with Crippen LogP contribution >= 0.6 is 0 Å². The zero-order chi connectivity index (χ0) is 12.3. The van der Waals surface area contributed by atoms with Crippen LogP contribution in [0.15, 0.2) is 41.0 Å². The Morgan fingerprint density at radius 1 is 0.889 bits per heavy atom. The lowest BCUT2D eigenvalue weighted by atomic mass is 9.95. The summed E-state index contributed by atoms with van der Waals surface area (Å²) in [6.45, 7) is 0. The third-order valence-electron chi connectivity index (χ3n) is 3.22. The monoisotopic (exact) mass is 238 g/mol. The van der Waals surface area contributed by atoms with Gasteiger partial charge < -0.3 is 9.15 Å². The van der Waals surface area contributed by atoms with Gasteiger partial charge in [-0.3, -0.25) is 0 Å². The van der Waals surface area contributed by atoms with Gasteiger partial charge in [0.05, 0.1) is 17.4 Å². The molecule has 2 aromatic carbocycles. The number of ether oxygens (including phenoxy) is 1. The number of furan rings is 1. The van der Waals surface area contributed by atoms with E-state index in [1.54, 1.807) is 24.5 Å². The van der Waals surface area contributed by atoms with E-state index in [1.165, 1.54) is 0 Å². The number of benzene rings is 2. The van der Waals surface area contributed by atoms with Gasteiger partial charge in [0.25, 0.3) is 0 Å². The fourth-order valence-electron chi connectivity index (χ4n) is 2.45. The van der Waals surface area contributed by atoms with Gasteiger partial charge in [0.15, 0.2) is 0 Å². The Balaban J connectivity index is 2.35. The minimum Gasteiger partial charge on any atom is -0.464 e. The maximum atomic E-state index is 11.8. The Morgan fingerprint density at radius 3 is 2.61 bits per heavy atom. The quantitative estimate of drug-likeness (QED) is 0.446. The Hall–Kier alpha value is -2.62. The fraction of sp³-hybridized carbons (Fsp3) is 0. The van der Waals surface area contributed by atoms with Gasteiger partial charge in [0.1, 0.15) is 5.58 Å². The molecule has 0 atom stereocenters. The van der Waals surface area contributed by atoms with Gasteiger partial charge >= 0.3 is 11.9 Å². The number of hydrogen-bond acceptors (Lipinski definition) is 4. The van der Waals surface area contributed by atoms with E-state index in [9.17, 15) is 9.59 Å². The summed E-state index contributed by atoms with van der Waals surface area (Å²) in [6.07, 6.45) is 1.56. The number of carbonyl (C=O) groups is 2. The number of cyclic esters (lactones) is 2. The summed E-state index contributed by atoms with van der Waals surface area (Å²) in [5.41, 5.74) is 1.41. The Bertz CT molecular complexity index is 841. The standard InChI is InChI=1S/C14H6O4/c15-13-9-3-1-2-8-7-4-5-17-11(7)6-10(12(8)9)14(16)18-13/h1-6H. The molecule has 4 nitrogen and oxygen atoms in total. The largest absolute Gasteiger partial charge is 0.464 e. The van der Waals surface area contributed by atoms with E-state index in [0.717, 1.165) is 10.8 Å². The minimum absolute atomic E-state index is 0.377. The average molecular weight is 238 g/mol. The third-order valence-corrected chi connectivity index (χ3v) is 3.22. The smallest absolute Gasteiger partial charge is 0.346 e. The molecular weight excluding hydrogens is 232 g/mol. The van der Waals surface area contributed by atoms with Crippen LogP contribution in [0.3, 0.4) is 0 Å². The molecule has 0 fully saturated rings. The lowest BCUT2D eigenvalue weighted by Gasteiger charge is -2.15. The third kappa shape index (κ3) is 0.996. The maximum Gasteiger partial charge on any atom is 0.346 e. The van der Waals surface area contributed by atoms with Crippen molar-refractivity contribution in [1.82, 2.24) is 0 Å². The van der Waals surface area contributed by atoms with Crippen LogP contribution in [0, 0.1) is 0 Å². The summed E-state index contributed by atoms with van der Waals surface area (Å²) in [5, 5.41) is 2.37. The molecule has 4 rings (SSSR count). The molecule has 86 valence electrons. The normalized spacial score (nSPS) is 14.2. The maximum absolute atomic E-state index is 11.8. The lowest BCUT2D eigenvalue weighted by molar-refractivity contribution is 0.0391. The first-order valence-corrected chi connectivity index (χ1v) is 5.45. The van der Waals surface area contributed by atoms with Crippen molar-refractivity contribution in [2.45, 2.75) is 0 Å². The summed E-state index contributed by atoms with van der Waals surface area (Å²) < 4.78 is 10.0. The van der Waals surface area contributed by atoms with Crippen LogP contribution in [-0.2, 0) is 4.74 Å². The van der Waals surface area contributed by atoms with Crippen molar-refractivity contribution in [2.75, 3.05) is 0 Å². The van der Waals surface area contributed by atoms with E-state index in [4.69, 9.17) is 9.15 Å². The Labute approximate surface area is 101 Å². The molecule has 1 aliphatic rings. The molecule has 0 aliphatic carbocycles. The number of hydrogen-bond donors (Lipinski definition) is 0. The van der Waals surface area contributed by atoms with Gasteiger partial charge in [-0.1, -0.05) is 12.1 Å². The first kappa shape index (κ1) is 9.41.